The number of rotatable bonds is 9. The van der Waals surface area contributed by atoms with Gasteiger partial charge < -0.3 is 19.5 Å². The summed E-state index contributed by atoms with van der Waals surface area (Å²) in [7, 11) is 3.39. The summed E-state index contributed by atoms with van der Waals surface area (Å²) in [6.45, 7) is 4.12. The number of nitrogens with zero attached hydrogens (tertiary/aromatic N) is 1. The summed E-state index contributed by atoms with van der Waals surface area (Å²) in [6.07, 6.45) is 3.98. The van der Waals surface area contributed by atoms with E-state index >= 15 is 0 Å². The summed E-state index contributed by atoms with van der Waals surface area (Å²) in [5.41, 5.74) is 3.27. The molecule has 0 spiro atoms. The summed E-state index contributed by atoms with van der Waals surface area (Å²) in [5, 5.41) is 4.84. The van der Waals surface area contributed by atoms with E-state index in [1.807, 2.05) is 30.3 Å². The molecular formula is C29H32N2O3S. The van der Waals surface area contributed by atoms with E-state index in [0.29, 0.717) is 0 Å². The Balaban J connectivity index is 1.35. The van der Waals surface area contributed by atoms with Crippen molar-refractivity contribution < 1.29 is 14.2 Å². The summed E-state index contributed by atoms with van der Waals surface area (Å²) in [5.74, 6) is 2.61. The van der Waals surface area contributed by atoms with Crippen LogP contribution < -0.4 is 19.5 Å². The van der Waals surface area contributed by atoms with Gasteiger partial charge in [0.1, 0.15) is 23.9 Å². The quantitative estimate of drug-likeness (QED) is 0.270. The maximum Gasteiger partial charge on any atom is 0.120 e. The molecule has 182 valence electrons. The van der Waals surface area contributed by atoms with Crippen molar-refractivity contribution in [2.75, 3.05) is 45.8 Å². The van der Waals surface area contributed by atoms with E-state index in [4.69, 9.17) is 14.2 Å². The highest BCUT2D eigenvalue weighted by Crippen LogP contribution is 2.45. The molecule has 1 fully saturated rings. The first-order valence-electron chi connectivity index (χ1n) is 12.2. The van der Waals surface area contributed by atoms with Crippen LogP contribution in [0.3, 0.4) is 0 Å². The first-order valence-corrected chi connectivity index (χ1v) is 13.0. The molecule has 0 atom stereocenters. The largest absolute Gasteiger partial charge is 0.497 e. The molecule has 0 radical (unpaired) electrons. The van der Waals surface area contributed by atoms with Crippen LogP contribution in [-0.2, 0) is 0 Å². The number of likely N-dealkylation sites (tertiary alicyclic amines) is 1. The van der Waals surface area contributed by atoms with Gasteiger partial charge in [-0.25, -0.2) is 0 Å². The average molecular weight is 489 g/mol. The predicted molar refractivity (Wildman–Crippen MR) is 146 cm³/mol. The molecule has 1 aromatic heterocycles. The SMILES string of the molecule is COc1ccc(-c2sc3cc(OC)ccc3c2Nc2ccc(OCCN3CCCCC3)cc2)cc1. The number of ether oxygens (including phenoxy) is 3. The number of methoxy groups -OCH3 is 2. The van der Waals surface area contributed by atoms with Gasteiger partial charge in [0.25, 0.3) is 0 Å². The van der Waals surface area contributed by atoms with Gasteiger partial charge >= 0.3 is 0 Å². The summed E-state index contributed by atoms with van der Waals surface area (Å²) in [4.78, 5) is 3.68. The number of benzene rings is 3. The minimum absolute atomic E-state index is 0.728. The van der Waals surface area contributed by atoms with Gasteiger partial charge in [-0.15, -0.1) is 11.3 Å². The third-order valence-electron chi connectivity index (χ3n) is 6.50. The van der Waals surface area contributed by atoms with Crippen molar-refractivity contribution in [1.82, 2.24) is 4.90 Å². The minimum atomic E-state index is 0.728. The molecule has 1 aliphatic rings. The number of fused-ring (bicyclic) bond motifs is 1. The third-order valence-corrected chi connectivity index (χ3v) is 7.70. The molecule has 0 saturated carbocycles. The monoisotopic (exact) mass is 488 g/mol. The second kappa shape index (κ2) is 11.0. The topological polar surface area (TPSA) is 43.0 Å². The Labute approximate surface area is 211 Å². The molecule has 5 rings (SSSR count). The number of hydrogen-bond donors (Lipinski definition) is 1. The number of anilines is 2. The Morgan fingerprint density at radius 3 is 2.20 bits per heavy atom. The minimum Gasteiger partial charge on any atom is -0.497 e. The van der Waals surface area contributed by atoms with Crippen LogP contribution in [0.4, 0.5) is 11.4 Å². The van der Waals surface area contributed by atoms with E-state index in [1.165, 1.54) is 47.3 Å². The first kappa shape index (κ1) is 23.5. The number of hydrogen-bond acceptors (Lipinski definition) is 6. The number of nitrogens with one attached hydrogen (secondary N) is 1. The molecule has 3 aromatic carbocycles. The highest BCUT2D eigenvalue weighted by molar-refractivity contribution is 7.23. The van der Waals surface area contributed by atoms with Gasteiger partial charge in [-0.1, -0.05) is 6.42 Å². The van der Waals surface area contributed by atoms with Crippen LogP contribution in [0.1, 0.15) is 19.3 Å². The van der Waals surface area contributed by atoms with E-state index in [2.05, 4.69) is 46.6 Å². The first-order chi connectivity index (χ1) is 17.2. The third kappa shape index (κ3) is 5.55. The van der Waals surface area contributed by atoms with Gasteiger partial charge in [-0.3, -0.25) is 4.90 Å². The summed E-state index contributed by atoms with van der Waals surface area (Å²) >= 11 is 1.75. The summed E-state index contributed by atoms with van der Waals surface area (Å²) < 4.78 is 18.0. The summed E-state index contributed by atoms with van der Waals surface area (Å²) in [6, 6.07) is 22.7. The second-order valence-corrected chi connectivity index (χ2v) is 9.85. The Hall–Kier alpha value is -3.22. The van der Waals surface area contributed by atoms with E-state index in [9.17, 15) is 0 Å². The Morgan fingerprint density at radius 1 is 0.800 bits per heavy atom. The lowest BCUT2D eigenvalue weighted by atomic mass is 10.1. The van der Waals surface area contributed by atoms with Gasteiger partial charge in [0, 0.05) is 22.3 Å². The number of thiophene rings is 1. The molecule has 1 saturated heterocycles. The predicted octanol–water partition coefficient (Wildman–Crippen LogP) is 7.19. The van der Waals surface area contributed by atoms with E-state index in [-0.39, 0.29) is 0 Å². The maximum absolute atomic E-state index is 6.02. The lowest BCUT2D eigenvalue weighted by Gasteiger charge is -2.26. The normalized spacial score (nSPS) is 14.1. The lowest BCUT2D eigenvalue weighted by Crippen LogP contribution is -2.33. The van der Waals surface area contributed by atoms with Crippen LogP contribution in [0, 0.1) is 0 Å². The fourth-order valence-electron chi connectivity index (χ4n) is 4.53. The molecule has 0 amide bonds. The van der Waals surface area contributed by atoms with Crippen molar-refractivity contribution in [2.24, 2.45) is 0 Å². The lowest BCUT2D eigenvalue weighted by molar-refractivity contribution is 0.183. The van der Waals surface area contributed by atoms with E-state index < -0.39 is 0 Å². The van der Waals surface area contributed by atoms with Crippen LogP contribution in [0.2, 0.25) is 0 Å². The highest BCUT2D eigenvalue weighted by atomic mass is 32.1. The Kier molecular flexibility index (Phi) is 7.40. The standard InChI is InChI=1S/C29H32N2O3S/c1-32-23-10-6-21(7-11-23)29-28(26-15-14-25(33-2)20-27(26)35-29)30-22-8-12-24(13-9-22)34-19-18-31-16-4-3-5-17-31/h6-15,20,30H,3-5,16-19H2,1-2H3. The fraction of sp³-hybridized carbons (Fsp3) is 0.310. The number of piperidine rings is 1. The average Bonchev–Trinajstić information content (AvgIpc) is 3.27. The van der Waals surface area contributed by atoms with Gasteiger partial charge in [-0.2, -0.15) is 0 Å². The molecule has 1 aliphatic heterocycles. The fourth-order valence-corrected chi connectivity index (χ4v) is 5.72. The molecule has 6 heteroatoms. The van der Waals surface area contributed by atoms with E-state index in [1.54, 1.807) is 25.6 Å². The van der Waals surface area contributed by atoms with Crippen LogP contribution in [0.15, 0.2) is 66.7 Å². The molecule has 0 bridgehead atoms. The van der Waals surface area contributed by atoms with Gasteiger partial charge in [0.15, 0.2) is 0 Å². The van der Waals surface area contributed by atoms with E-state index in [0.717, 1.165) is 47.3 Å². The van der Waals surface area contributed by atoms with Gasteiger partial charge in [0.2, 0.25) is 0 Å². The maximum atomic E-state index is 6.02. The zero-order valence-corrected chi connectivity index (χ0v) is 21.2. The zero-order chi connectivity index (χ0) is 24.0. The molecule has 35 heavy (non-hydrogen) atoms. The molecule has 1 N–H and O–H groups in total. The van der Waals surface area contributed by atoms with Crippen molar-refractivity contribution in [2.45, 2.75) is 19.3 Å². The molecule has 0 unspecified atom stereocenters. The second-order valence-electron chi connectivity index (χ2n) is 8.80. The van der Waals surface area contributed by atoms with Crippen LogP contribution >= 0.6 is 11.3 Å². The smallest absolute Gasteiger partial charge is 0.120 e. The van der Waals surface area contributed by atoms with Gasteiger partial charge in [0.05, 0.1) is 24.8 Å². The highest BCUT2D eigenvalue weighted by Gasteiger charge is 2.16. The molecular weight excluding hydrogens is 456 g/mol. The van der Waals surface area contributed by atoms with Crippen LogP contribution in [0.5, 0.6) is 17.2 Å². The van der Waals surface area contributed by atoms with Crippen LogP contribution in [0.25, 0.3) is 20.5 Å². The molecule has 5 nitrogen and oxygen atoms in total. The van der Waals surface area contributed by atoms with Crippen molar-refractivity contribution in [1.29, 1.82) is 0 Å². The molecule has 4 aromatic rings. The van der Waals surface area contributed by atoms with Crippen molar-refractivity contribution >= 4 is 32.8 Å². The van der Waals surface area contributed by atoms with Crippen molar-refractivity contribution in [3.8, 4) is 27.7 Å². The zero-order valence-electron chi connectivity index (χ0n) is 20.4. The Morgan fingerprint density at radius 2 is 1.49 bits per heavy atom. The van der Waals surface area contributed by atoms with Crippen LogP contribution in [-0.4, -0.2) is 45.4 Å². The Bertz CT molecular complexity index is 1250. The molecule has 0 aliphatic carbocycles. The van der Waals surface area contributed by atoms with Gasteiger partial charge in [-0.05, 0) is 98.2 Å². The van der Waals surface area contributed by atoms with Crippen molar-refractivity contribution in [3.05, 3.63) is 66.7 Å². The van der Waals surface area contributed by atoms with Crippen molar-refractivity contribution in [3.63, 3.8) is 0 Å². The molecule has 2 heterocycles.